The predicted octanol–water partition coefficient (Wildman–Crippen LogP) is 2.12. The minimum absolute atomic E-state index is 0.265. The highest BCUT2D eigenvalue weighted by molar-refractivity contribution is 6.29. The van der Waals surface area contributed by atoms with Gasteiger partial charge in [-0.15, -0.1) is 0 Å². The van der Waals surface area contributed by atoms with Crippen molar-refractivity contribution < 1.29 is 9.59 Å². The van der Waals surface area contributed by atoms with E-state index in [4.69, 9.17) is 0 Å². The Morgan fingerprint density at radius 3 is 2.63 bits per heavy atom. The van der Waals surface area contributed by atoms with Crippen LogP contribution in [0.4, 0.5) is 10.5 Å². The third-order valence-corrected chi connectivity index (χ3v) is 3.05. The van der Waals surface area contributed by atoms with E-state index in [0.717, 1.165) is 10.5 Å². The first-order valence-corrected chi connectivity index (χ1v) is 5.91. The first-order valence-electron chi connectivity index (χ1n) is 5.91. The lowest BCUT2D eigenvalue weighted by Crippen LogP contribution is -2.46. The van der Waals surface area contributed by atoms with Crippen LogP contribution in [-0.4, -0.2) is 24.0 Å². The van der Waals surface area contributed by atoms with Crippen molar-refractivity contribution in [3.8, 4) is 0 Å². The number of aryl methyl sites for hydroxylation is 1. The number of amides is 3. The fraction of sp³-hybridized carbons (Fsp3) is 0.143. The van der Waals surface area contributed by atoms with Crippen LogP contribution >= 0.6 is 0 Å². The summed E-state index contributed by atoms with van der Waals surface area (Å²) < 4.78 is 0. The lowest BCUT2D eigenvalue weighted by atomic mass is 10.0. The highest BCUT2D eigenvalue weighted by atomic mass is 16.2. The van der Waals surface area contributed by atoms with Crippen LogP contribution in [0.2, 0.25) is 0 Å². The summed E-state index contributed by atoms with van der Waals surface area (Å²) in [7, 11) is 0. The number of hydrogen-bond donors (Lipinski definition) is 0. The molecule has 0 fully saturated rings. The Bertz CT molecular complexity index is 641. The van der Waals surface area contributed by atoms with Gasteiger partial charge in [0.2, 0.25) is 5.91 Å². The molecule has 0 N–H and O–H groups in total. The van der Waals surface area contributed by atoms with Crippen molar-refractivity contribution in [1.82, 2.24) is 0 Å². The van der Waals surface area contributed by atoms with Gasteiger partial charge in [0.1, 0.15) is 11.8 Å². The Morgan fingerprint density at radius 2 is 1.89 bits per heavy atom. The topological polar surface area (TPSA) is 62.1 Å². The van der Waals surface area contributed by atoms with Gasteiger partial charge in [-0.3, -0.25) is 4.79 Å². The minimum atomic E-state index is -0.590. The molecule has 2 aliphatic heterocycles. The second-order valence-corrected chi connectivity index (χ2v) is 4.40. The smallest absolute Gasteiger partial charge is 0.273 e. The number of hydrogen-bond acceptors (Lipinski definition) is 3. The maximum Gasteiger partial charge on any atom is 0.356 e. The van der Waals surface area contributed by atoms with Crippen LogP contribution in [0.15, 0.2) is 46.4 Å². The van der Waals surface area contributed by atoms with Crippen molar-refractivity contribution in [2.45, 2.75) is 6.92 Å². The summed E-state index contributed by atoms with van der Waals surface area (Å²) in [6, 6.07) is 6.59. The van der Waals surface area contributed by atoms with E-state index in [1.165, 1.54) is 6.21 Å². The van der Waals surface area contributed by atoms with E-state index in [1.807, 2.05) is 19.1 Å². The van der Waals surface area contributed by atoms with Gasteiger partial charge in [-0.1, -0.05) is 23.8 Å². The van der Waals surface area contributed by atoms with Crippen molar-refractivity contribution in [3.05, 3.63) is 42.0 Å². The van der Waals surface area contributed by atoms with Crippen molar-refractivity contribution in [1.29, 1.82) is 0 Å². The molecule has 3 rings (SSSR count). The van der Waals surface area contributed by atoms with Crippen molar-refractivity contribution in [2.75, 3.05) is 4.90 Å². The molecule has 0 radical (unpaired) electrons. The van der Waals surface area contributed by atoms with Crippen LogP contribution in [0.3, 0.4) is 0 Å². The number of urea groups is 1. The zero-order chi connectivity index (χ0) is 13.4. The number of imide groups is 1. The molecular formula is C14H11N3O2. The van der Waals surface area contributed by atoms with Crippen molar-refractivity contribution >= 4 is 29.7 Å². The molecule has 1 unspecified atom stereocenters. The molecule has 1 atom stereocenters. The number of fused-ring (bicyclic) bond motifs is 1. The summed E-state index contributed by atoms with van der Waals surface area (Å²) in [5, 5.41) is 0. The van der Waals surface area contributed by atoms with Gasteiger partial charge in [-0.2, -0.15) is 4.99 Å². The molecule has 5 nitrogen and oxygen atoms in total. The fourth-order valence-corrected chi connectivity index (χ4v) is 2.05. The Morgan fingerprint density at radius 1 is 1.16 bits per heavy atom. The summed E-state index contributed by atoms with van der Waals surface area (Å²) >= 11 is 0. The average Bonchev–Trinajstić information content (AvgIpc) is 2.41. The Hall–Kier alpha value is -2.56. The van der Waals surface area contributed by atoms with E-state index in [0.29, 0.717) is 5.69 Å². The maximum absolute atomic E-state index is 12.4. The molecule has 94 valence electrons. The summed E-state index contributed by atoms with van der Waals surface area (Å²) in [5.41, 5.74) is 1.60. The van der Waals surface area contributed by atoms with E-state index in [2.05, 4.69) is 9.98 Å². The van der Waals surface area contributed by atoms with E-state index in [-0.39, 0.29) is 11.7 Å². The molecule has 1 aromatic rings. The largest absolute Gasteiger partial charge is 0.356 e. The number of carbonyl (C=O) groups excluding carboxylic acids is 2. The molecule has 5 heteroatoms. The van der Waals surface area contributed by atoms with Gasteiger partial charge in [-0.05, 0) is 25.1 Å². The molecule has 0 aromatic heterocycles. The molecule has 1 aromatic carbocycles. The quantitative estimate of drug-likeness (QED) is 0.769. The predicted molar refractivity (Wildman–Crippen MR) is 72.6 cm³/mol. The number of rotatable bonds is 1. The molecule has 0 saturated carbocycles. The van der Waals surface area contributed by atoms with Crippen LogP contribution in [0.25, 0.3) is 0 Å². The number of carbonyl (C=O) groups is 2. The number of anilines is 1. The van der Waals surface area contributed by atoms with Gasteiger partial charge in [0.05, 0.1) is 5.69 Å². The second kappa shape index (κ2) is 4.28. The van der Waals surface area contributed by atoms with E-state index < -0.39 is 11.9 Å². The standard InChI is InChI=1S/C14H11N3O2/c1-9-4-6-10(7-5-9)17-13(18)11-3-2-8-15-12(11)16-14(17)19/h2-8,11H,1H3. The van der Waals surface area contributed by atoms with Gasteiger partial charge in [0.15, 0.2) is 0 Å². The van der Waals surface area contributed by atoms with Crippen molar-refractivity contribution in [2.24, 2.45) is 15.9 Å². The van der Waals surface area contributed by atoms with Crippen LogP contribution in [-0.2, 0) is 4.79 Å². The fourth-order valence-electron chi connectivity index (χ4n) is 2.05. The summed E-state index contributed by atoms with van der Waals surface area (Å²) in [4.78, 5) is 33.2. The maximum atomic E-state index is 12.4. The highest BCUT2D eigenvalue weighted by Gasteiger charge is 2.37. The third-order valence-electron chi connectivity index (χ3n) is 3.05. The van der Waals surface area contributed by atoms with Gasteiger partial charge >= 0.3 is 6.03 Å². The molecule has 2 aliphatic rings. The highest BCUT2D eigenvalue weighted by Crippen LogP contribution is 2.24. The number of dihydropyridines is 1. The van der Waals surface area contributed by atoms with Gasteiger partial charge in [0.25, 0.3) is 0 Å². The Kier molecular flexibility index (Phi) is 2.59. The van der Waals surface area contributed by atoms with Crippen LogP contribution in [0, 0.1) is 12.8 Å². The molecule has 3 amide bonds. The summed E-state index contributed by atoms with van der Waals surface area (Å²) in [6.07, 6.45) is 4.91. The molecule has 19 heavy (non-hydrogen) atoms. The van der Waals surface area contributed by atoms with E-state index in [9.17, 15) is 9.59 Å². The molecule has 0 spiro atoms. The summed E-state index contributed by atoms with van der Waals surface area (Å²) in [5.74, 6) is -0.614. The number of amidine groups is 1. The van der Waals surface area contributed by atoms with Crippen molar-refractivity contribution in [3.63, 3.8) is 0 Å². The Labute approximate surface area is 110 Å². The minimum Gasteiger partial charge on any atom is -0.273 e. The normalized spacial score (nSPS) is 21.4. The average molecular weight is 253 g/mol. The number of aliphatic imine (C=N–C) groups is 2. The molecule has 2 heterocycles. The van der Waals surface area contributed by atoms with Crippen LogP contribution in [0.1, 0.15) is 5.56 Å². The van der Waals surface area contributed by atoms with Crippen LogP contribution < -0.4 is 4.90 Å². The van der Waals surface area contributed by atoms with Crippen LogP contribution in [0.5, 0.6) is 0 Å². The van der Waals surface area contributed by atoms with Gasteiger partial charge < -0.3 is 0 Å². The number of allylic oxidation sites excluding steroid dienone is 1. The Balaban J connectivity index is 2.03. The SMILES string of the molecule is Cc1ccc(N2C(=O)N=C3N=CC=CC3C2=O)cc1. The third kappa shape index (κ3) is 1.89. The molecule has 0 bridgehead atoms. The molecular weight excluding hydrogens is 242 g/mol. The first kappa shape index (κ1) is 11.5. The molecule has 0 aliphatic carbocycles. The van der Waals surface area contributed by atoms with Gasteiger partial charge in [0, 0.05) is 6.21 Å². The lowest BCUT2D eigenvalue weighted by Gasteiger charge is -2.27. The molecule has 0 saturated heterocycles. The van der Waals surface area contributed by atoms with E-state index in [1.54, 1.807) is 24.3 Å². The second-order valence-electron chi connectivity index (χ2n) is 4.40. The zero-order valence-electron chi connectivity index (χ0n) is 10.3. The first-order chi connectivity index (χ1) is 9.16. The van der Waals surface area contributed by atoms with E-state index >= 15 is 0 Å². The van der Waals surface area contributed by atoms with Gasteiger partial charge in [-0.25, -0.2) is 14.7 Å². The number of benzene rings is 1. The summed E-state index contributed by atoms with van der Waals surface area (Å²) in [6.45, 7) is 1.94. The lowest BCUT2D eigenvalue weighted by molar-refractivity contribution is -0.118. The zero-order valence-corrected chi connectivity index (χ0v) is 10.3. The monoisotopic (exact) mass is 253 g/mol. The number of nitrogens with zero attached hydrogens (tertiary/aromatic N) is 3.